The van der Waals surface area contributed by atoms with Gasteiger partial charge in [-0.3, -0.25) is 4.68 Å². The molecule has 1 aromatic heterocycles. The average Bonchev–Trinajstić information content (AvgIpc) is 2.75. The standard InChI is InChI=1S/C13H16N4/c1-17-9-12(15-16-17)6-11-8-14-7-10-4-2-3-5-13(10)11/h2-5,9,11,14H,6-8H2,1H3. The largest absolute Gasteiger partial charge is 0.312 e. The minimum absolute atomic E-state index is 0.511. The van der Waals surface area contributed by atoms with Crippen molar-refractivity contribution in [1.82, 2.24) is 20.3 Å². The Balaban J connectivity index is 1.85. The summed E-state index contributed by atoms with van der Waals surface area (Å²) in [6, 6.07) is 8.65. The molecule has 2 aromatic rings. The first-order valence-electron chi connectivity index (χ1n) is 5.96. The van der Waals surface area contributed by atoms with Crippen LogP contribution in [0.4, 0.5) is 0 Å². The van der Waals surface area contributed by atoms with Gasteiger partial charge in [0.15, 0.2) is 0 Å². The molecule has 3 rings (SSSR count). The molecule has 1 aliphatic heterocycles. The molecule has 1 N–H and O–H groups in total. The highest BCUT2D eigenvalue weighted by molar-refractivity contribution is 5.33. The lowest BCUT2D eigenvalue weighted by atomic mass is 9.88. The van der Waals surface area contributed by atoms with Gasteiger partial charge in [-0.2, -0.15) is 0 Å². The number of hydrogen-bond donors (Lipinski definition) is 1. The normalized spacial score (nSPS) is 19.0. The lowest BCUT2D eigenvalue weighted by Crippen LogP contribution is -2.29. The summed E-state index contributed by atoms with van der Waals surface area (Å²) >= 11 is 0. The van der Waals surface area contributed by atoms with E-state index in [4.69, 9.17) is 0 Å². The summed E-state index contributed by atoms with van der Waals surface area (Å²) in [5, 5.41) is 11.6. The van der Waals surface area contributed by atoms with Gasteiger partial charge in [-0.05, 0) is 11.1 Å². The van der Waals surface area contributed by atoms with E-state index in [1.54, 1.807) is 4.68 Å². The molecule has 0 amide bonds. The van der Waals surface area contributed by atoms with Gasteiger partial charge in [0.1, 0.15) is 0 Å². The highest BCUT2D eigenvalue weighted by atomic mass is 15.4. The maximum atomic E-state index is 4.17. The average molecular weight is 228 g/mol. The molecule has 88 valence electrons. The number of aryl methyl sites for hydroxylation is 1. The van der Waals surface area contributed by atoms with Crippen LogP contribution in [0.5, 0.6) is 0 Å². The number of rotatable bonds is 2. The molecule has 0 spiro atoms. The van der Waals surface area contributed by atoms with Crippen LogP contribution in [0.2, 0.25) is 0 Å². The minimum Gasteiger partial charge on any atom is -0.312 e. The number of nitrogens with one attached hydrogen (secondary N) is 1. The molecule has 1 unspecified atom stereocenters. The highest BCUT2D eigenvalue weighted by Crippen LogP contribution is 2.26. The zero-order chi connectivity index (χ0) is 11.7. The van der Waals surface area contributed by atoms with Gasteiger partial charge in [0, 0.05) is 38.7 Å². The van der Waals surface area contributed by atoms with Crippen molar-refractivity contribution in [3.8, 4) is 0 Å². The summed E-state index contributed by atoms with van der Waals surface area (Å²) in [7, 11) is 1.91. The third kappa shape index (κ3) is 2.08. The zero-order valence-corrected chi connectivity index (χ0v) is 9.93. The molecule has 0 radical (unpaired) electrons. The van der Waals surface area contributed by atoms with Crippen LogP contribution in [-0.4, -0.2) is 21.5 Å². The summed E-state index contributed by atoms with van der Waals surface area (Å²) in [6.45, 7) is 2.00. The van der Waals surface area contributed by atoms with Crippen molar-refractivity contribution in [2.24, 2.45) is 7.05 Å². The lowest BCUT2D eigenvalue weighted by molar-refractivity contribution is 0.535. The van der Waals surface area contributed by atoms with E-state index in [1.807, 2.05) is 13.2 Å². The fourth-order valence-electron chi connectivity index (χ4n) is 2.51. The molecule has 0 aliphatic carbocycles. The Morgan fingerprint density at radius 3 is 3.12 bits per heavy atom. The maximum absolute atomic E-state index is 4.17. The van der Waals surface area contributed by atoms with Gasteiger partial charge in [-0.25, -0.2) is 0 Å². The quantitative estimate of drug-likeness (QED) is 0.841. The molecule has 0 saturated carbocycles. The van der Waals surface area contributed by atoms with E-state index in [0.29, 0.717) is 5.92 Å². The van der Waals surface area contributed by atoms with Crippen molar-refractivity contribution in [1.29, 1.82) is 0 Å². The predicted octanol–water partition coefficient (Wildman–Crippen LogP) is 1.24. The van der Waals surface area contributed by atoms with E-state index in [-0.39, 0.29) is 0 Å². The summed E-state index contributed by atoms with van der Waals surface area (Å²) < 4.78 is 1.76. The number of nitrogens with zero attached hydrogens (tertiary/aromatic N) is 3. The summed E-state index contributed by atoms with van der Waals surface area (Å²) in [5.41, 5.74) is 3.93. The smallest absolute Gasteiger partial charge is 0.0833 e. The van der Waals surface area contributed by atoms with Crippen molar-refractivity contribution >= 4 is 0 Å². The van der Waals surface area contributed by atoms with Crippen LogP contribution in [0.25, 0.3) is 0 Å². The van der Waals surface area contributed by atoms with E-state index >= 15 is 0 Å². The van der Waals surface area contributed by atoms with E-state index in [0.717, 1.165) is 25.2 Å². The molecule has 17 heavy (non-hydrogen) atoms. The molecule has 0 fully saturated rings. The molecule has 1 aromatic carbocycles. The van der Waals surface area contributed by atoms with Crippen LogP contribution in [0.15, 0.2) is 30.5 Å². The van der Waals surface area contributed by atoms with Crippen LogP contribution in [0.1, 0.15) is 22.7 Å². The van der Waals surface area contributed by atoms with Crippen LogP contribution in [0, 0.1) is 0 Å². The summed E-state index contributed by atoms with van der Waals surface area (Å²) in [5.74, 6) is 0.511. The third-order valence-electron chi connectivity index (χ3n) is 3.31. The molecule has 0 bridgehead atoms. The van der Waals surface area contributed by atoms with Gasteiger partial charge in [-0.15, -0.1) is 5.10 Å². The van der Waals surface area contributed by atoms with E-state index in [1.165, 1.54) is 11.1 Å². The fraction of sp³-hybridized carbons (Fsp3) is 0.385. The SMILES string of the molecule is Cn1cc(CC2CNCc3ccccc32)nn1. The van der Waals surface area contributed by atoms with Crippen molar-refractivity contribution < 1.29 is 0 Å². The Labute approximate surface area is 101 Å². The van der Waals surface area contributed by atoms with Crippen LogP contribution in [0.3, 0.4) is 0 Å². The molecular weight excluding hydrogens is 212 g/mol. The molecule has 4 nitrogen and oxygen atoms in total. The number of fused-ring (bicyclic) bond motifs is 1. The zero-order valence-electron chi connectivity index (χ0n) is 9.93. The van der Waals surface area contributed by atoms with E-state index in [2.05, 4.69) is 39.9 Å². The van der Waals surface area contributed by atoms with Crippen LogP contribution in [-0.2, 0) is 20.0 Å². The Morgan fingerprint density at radius 2 is 2.29 bits per heavy atom. The molecule has 2 heterocycles. The number of aromatic nitrogens is 3. The molecular formula is C13H16N4. The Kier molecular flexibility index (Phi) is 2.65. The molecule has 4 heteroatoms. The molecule has 1 atom stereocenters. The highest BCUT2D eigenvalue weighted by Gasteiger charge is 2.20. The van der Waals surface area contributed by atoms with Crippen molar-refractivity contribution in [3.63, 3.8) is 0 Å². The third-order valence-corrected chi connectivity index (χ3v) is 3.31. The molecule has 1 aliphatic rings. The Morgan fingerprint density at radius 1 is 1.41 bits per heavy atom. The topological polar surface area (TPSA) is 42.7 Å². The van der Waals surface area contributed by atoms with Gasteiger partial charge in [0.25, 0.3) is 0 Å². The van der Waals surface area contributed by atoms with Gasteiger partial charge in [-0.1, -0.05) is 29.5 Å². The summed E-state index contributed by atoms with van der Waals surface area (Å²) in [4.78, 5) is 0. The Bertz CT molecular complexity index is 518. The minimum atomic E-state index is 0.511. The maximum Gasteiger partial charge on any atom is 0.0833 e. The van der Waals surface area contributed by atoms with Crippen LogP contribution >= 0.6 is 0 Å². The number of hydrogen-bond acceptors (Lipinski definition) is 3. The van der Waals surface area contributed by atoms with Crippen molar-refractivity contribution in [3.05, 3.63) is 47.3 Å². The monoisotopic (exact) mass is 228 g/mol. The van der Waals surface area contributed by atoms with Crippen molar-refractivity contribution in [2.45, 2.75) is 18.9 Å². The second-order valence-electron chi connectivity index (χ2n) is 4.61. The van der Waals surface area contributed by atoms with Gasteiger partial charge >= 0.3 is 0 Å². The van der Waals surface area contributed by atoms with E-state index in [9.17, 15) is 0 Å². The first-order valence-corrected chi connectivity index (χ1v) is 5.96. The van der Waals surface area contributed by atoms with Crippen molar-refractivity contribution in [2.75, 3.05) is 6.54 Å². The van der Waals surface area contributed by atoms with E-state index < -0.39 is 0 Å². The predicted molar refractivity (Wildman–Crippen MR) is 65.6 cm³/mol. The second-order valence-corrected chi connectivity index (χ2v) is 4.61. The first kappa shape index (κ1) is 10.5. The van der Waals surface area contributed by atoms with Gasteiger partial charge in [0.2, 0.25) is 0 Å². The van der Waals surface area contributed by atoms with Crippen LogP contribution < -0.4 is 5.32 Å². The lowest BCUT2D eigenvalue weighted by Gasteiger charge is -2.25. The summed E-state index contributed by atoms with van der Waals surface area (Å²) in [6.07, 6.45) is 2.95. The Hall–Kier alpha value is -1.68. The van der Waals surface area contributed by atoms with Gasteiger partial charge in [0.05, 0.1) is 5.69 Å². The number of benzene rings is 1. The van der Waals surface area contributed by atoms with Gasteiger partial charge < -0.3 is 5.32 Å². The fourth-order valence-corrected chi connectivity index (χ4v) is 2.51. The second kappa shape index (κ2) is 4.30. The first-order chi connectivity index (χ1) is 8.33. The molecule has 0 saturated heterocycles.